The van der Waals surface area contributed by atoms with Crippen molar-refractivity contribution < 1.29 is 9.32 Å². The molecule has 1 fully saturated rings. The Bertz CT molecular complexity index is 596. The molecule has 5 heteroatoms. The van der Waals surface area contributed by atoms with E-state index < -0.39 is 0 Å². The molecular weight excluding hydrogens is 284 g/mol. The second kappa shape index (κ2) is 6.02. The minimum absolute atomic E-state index is 0.152. The van der Waals surface area contributed by atoms with Crippen LogP contribution in [0.1, 0.15) is 26.0 Å². The Kier molecular flexibility index (Phi) is 4.10. The van der Waals surface area contributed by atoms with Crippen molar-refractivity contribution in [1.82, 2.24) is 10.1 Å². The van der Waals surface area contributed by atoms with Crippen LogP contribution in [-0.4, -0.2) is 29.1 Å². The van der Waals surface area contributed by atoms with Crippen LogP contribution in [0.15, 0.2) is 28.1 Å². The SMILES string of the molecule is CC1CC(C)CN(C(=O)Cc2cc(-c3cccs3)on2)C1. The van der Waals surface area contributed by atoms with Crippen LogP contribution in [0.2, 0.25) is 0 Å². The highest BCUT2D eigenvalue weighted by Crippen LogP contribution is 2.26. The number of likely N-dealkylation sites (tertiary alicyclic amines) is 1. The maximum Gasteiger partial charge on any atom is 0.228 e. The van der Waals surface area contributed by atoms with E-state index in [0.717, 1.165) is 23.7 Å². The van der Waals surface area contributed by atoms with Gasteiger partial charge in [0.15, 0.2) is 5.76 Å². The summed E-state index contributed by atoms with van der Waals surface area (Å²) in [5.41, 5.74) is 0.717. The lowest BCUT2D eigenvalue weighted by atomic mass is 9.91. The topological polar surface area (TPSA) is 46.3 Å². The molecule has 3 heterocycles. The zero-order valence-electron chi connectivity index (χ0n) is 12.4. The number of thiophene rings is 1. The fraction of sp³-hybridized carbons (Fsp3) is 0.500. The Morgan fingerprint density at radius 3 is 2.86 bits per heavy atom. The number of nitrogens with zero attached hydrogens (tertiary/aromatic N) is 2. The first-order chi connectivity index (χ1) is 10.1. The molecule has 2 aromatic heterocycles. The second-order valence-corrected chi connectivity index (χ2v) is 7.03. The third kappa shape index (κ3) is 3.35. The molecule has 0 spiro atoms. The molecule has 0 aromatic carbocycles. The van der Waals surface area contributed by atoms with E-state index in [-0.39, 0.29) is 5.91 Å². The number of carbonyl (C=O) groups excluding carboxylic acids is 1. The van der Waals surface area contributed by atoms with Gasteiger partial charge in [0.2, 0.25) is 5.91 Å². The van der Waals surface area contributed by atoms with Gasteiger partial charge in [0.05, 0.1) is 17.0 Å². The summed E-state index contributed by atoms with van der Waals surface area (Å²) in [4.78, 5) is 15.4. The largest absolute Gasteiger partial charge is 0.355 e. The fourth-order valence-corrected chi connectivity index (χ4v) is 3.74. The Morgan fingerprint density at radius 1 is 1.43 bits per heavy atom. The van der Waals surface area contributed by atoms with Crippen LogP contribution in [0.5, 0.6) is 0 Å². The lowest BCUT2D eigenvalue weighted by molar-refractivity contribution is -0.133. The second-order valence-electron chi connectivity index (χ2n) is 6.08. The van der Waals surface area contributed by atoms with Crippen molar-refractivity contribution in [2.24, 2.45) is 11.8 Å². The third-order valence-electron chi connectivity index (χ3n) is 3.88. The molecule has 0 saturated carbocycles. The van der Waals surface area contributed by atoms with Crippen LogP contribution in [0.4, 0.5) is 0 Å². The maximum absolute atomic E-state index is 12.4. The Morgan fingerprint density at radius 2 is 2.19 bits per heavy atom. The van der Waals surface area contributed by atoms with Gasteiger partial charge in [-0.15, -0.1) is 11.3 Å². The highest BCUT2D eigenvalue weighted by atomic mass is 32.1. The first-order valence-corrected chi connectivity index (χ1v) is 8.27. The standard InChI is InChI=1S/C16H20N2O2S/c1-11-6-12(2)10-18(9-11)16(19)8-13-7-14(20-17-13)15-4-3-5-21-15/h3-5,7,11-12H,6,8-10H2,1-2H3. The lowest BCUT2D eigenvalue weighted by Crippen LogP contribution is -2.43. The van der Waals surface area contributed by atoms with Gasteiger partial charge >= 0.3 is 0 Å². The minimum Gasteiger partial charge on any atom is -0.355 e. The Labute approximate surface area is 128 Å². The molecule has 4 nitrogen and oxygen atoms in total. The summed E-state index contributed by atoms with van der Waals surface area (Å²) in [7, 11) is 0. The van der Waals surface area contributed by atoms with E-state index in [4.69, 9.17) is 4.52 Å². The number of carbonyl (C=O) groups is 1. The fourth-order valence-electron chi connectivity index (χ4n) is 3.06. The van der Waals surface area contributed by atoms with E-state index in [1.165, 1.54) is 6.42 Å². The normalized spacial score (nSPS) is 22.5. The Hall–Kier alpha value is -1.62. The number of aromatic nitrogens is 1. The van der Waals surface area contributed by atoms with E-state index in [0.29, 0.717) is 24.0 Å². The average molecular weight is 304 g/mol. The van der Waals surface area contributed by atoms with E-state index >= 15 is 0 Å². The van der Waals surface area contributed by atoms with Crippen LogP contribution >= 0.6 is 11.3 Å². The van der Waals surface area contributed by atoms with Gasteiger partial charge in [-0.25, -0.2) is 0 Å². The van der Waals surface area contributed by atoms with Crippen molar-refractivity contribution in [1.29, 1.82) is 0 Å². The van der Waals surface area contributed by atoms with Crippen LogP contribution in [0, 0.1) is 11.8 Å². The lowest BCUT2D eigenvalue weighted by Gasteiger charge is -2.34. The number of hydrogen-bond acceptors (Lipinski definition) is 4. The van der Waals surface area contributed by atoms with Crippen molar-refractivity contribution in [2.75, 3.05) is 13.1 Å². The van der Waals surface area contributed by atoms with Crippen LogP contribution in [0.25, 0.3) is 10.6 Å². The van der Waals surface area contributed by atoms with E-state index in [1.807, 2.05) is 28.5 Å². The zero-order valence-corrected chi connectivity index (χ0v) is 13.2. The molecule has 0 aliphatic carbocycles. The van der Waals surface area contributed by atoms with Crippen molar-refractivity contribution in [3.05, 3.63) is 29.3 Å². The van der Waals surface area contributed by atoms with Crippen LogP contribution in [-0.2, 0) is 11.2 Å². The average Bonchev–Trinajstić information content (AvgIpc) is 3.07. The van der Waals surface area contributed by atoms with Gasteiger partial charge in [-0.3, -0.25) is 4.79 Å². The molecule has 1 amide bonds. The summed E-state index contributed by atoms with van der Waals surface area (Å²) < 4.78 is 5.33. The van der Waals surface area contributed by atoms with Gasteiger partial charge in [0, 0.05) is 19.2 Å². The summed E-state index contributed by atoms with van der Waals surface area (Å²) in [6.07, 6.45) is 1.53. The van der Waals surface area contributed by atoms with Crippen molar-refractivity contribution in [3.8, 4) is 10.6 Å². The molecule has 3 rings (SSSR count). The molecule has 1 aliphatic heterocycles. The number of piperidine rings is 1. The molecule has 2 unspecified atom stereocenters. The number of hydrogen-bond donors (Lipinski definition) is 0. The van der Waals surface area contributed by atoms with Crippen molar-refractivity contribution >= 4 is 17.2 Å². The van der Waals surface area contributed by atoms with E-state index in [9.17, 15) is 4.79 Å². The predicted octanol–water partition coefficient (Wildman–Crippen LogP) is 3.45. The molecule has 1 saturated heterocycles. The van der Waals surface area contributed by atoms with Crippen LogP contribution < -0.4 is 0 Å². The molecular formula is C16H20N2O2S. The van der Waals surface area contributed by atoms with Crippen molar-refractivity contribution in [2.45, 2.75) is 26.7 Å². The minimum atomic E-state index is 0.152. The van der Waals surface area contributed by atoms with Gasteiger partial charge in [0.1, 0.15) is 0 Å². The first-order valence-electron chi connectivity index (χ1n) is 7.39. The molecule has 112 valence electrons. The smallest absolute Gasteiger partial charge is 0.228 e. The van der Waals surface area contributed by atoms with Crippen LogP contribution in [0.3, 0.4) is 0 Å². The highest BCUT2D eigenvalue weighted by Gasteiger charge is 2.26. The first kappa shape index (κ1) is 14.3. The predicted molar refractivity (Wildman–Crippen MR) is 83.0 cm³/mol. The van der Waals surface area contributed by atoms with E-state index in [2.05, 4.69) is 19.0 Å². The molecule has 0 N–H and O–H groups in total. The summed E-state index contributed by atoms with van der Waals surface area (Å²) in [5, 5.41) is 6.03. The van der Waals surface area contributed by atoms with Gasteiger partial charge < -0.3 is 9.42 Å². The summed E-state index contributed by atoms with van der Waals surface area (Å²) >= 11 is 1.61. The molecule has 2 aromatic rings. The Balaban J connectivity index is 1.65. The highest BCUT2D eigenvalue weighted by molar-refractivity contribution is 7.13. The third-order valence-corrected chi connectivity index (χ3v) is 4.76. The molecule has 1 aliphatic rings. The van der Waals surface area contributed by atoms with Crippen molar-refractivity contribution in [3.63, 3.8) is 0 Å². The monoisotopic (exact) mass is 304 g/mol. The summed E-state index contributed by atoms with van der Waals surface area (Å²) in [6, 6.07) is 5.84. The maximum atomic E-state index is 12.4. The van der Waals surface area contributed by atoms with Gasteiger partial charge in [-0.2, -0.15) is 0 Å². The number of amides is 1. The molecule has 0 bridgehead atoms. The number of rotatable bonds is 3. The molecule has 21 heavy (non-hydrogen) atoms. The summed E-state index contributed by atoms with van der Waals surface area (Å²) in [5.74, 6) is 2.06. The zero-order chi connectivity index (χ0) is 14.8. The van der Waals surface area contributed by atoms with Gasteiger partial charge in [-0.05, 0) is 29.7 Å². The van der Waals surface area contributed by atoms with Gasteiger partial charge in [-0.1, -0.05) is 25.1 Å². The summed E-state index contributed by atoms with van der Waals surface area (Å²) in [6.45, 7) is 6.14. The van der Waals surface area contributed by atoms with E-state index in [1.54, 1.807) is 11.3 Å². The molecule has 0 radical (unpaired) electrons. The quantitative estimate of drug-likeness (QED) is 0.872. The molecule has 2 atom stereocenters. The van der Waals surface area contributed by atoms with Gasteiger partial charge in [0.25, 0.3) is 0 Å².